The number of benzene rings is 3. The van der Waals surface area contributed by atoms with E-state index in [1.807, 2.05) is 86.6 Å². The van der Waals surface area contributed by atoms with Crippen molar-refractivity contribution in [1.82, 2.24) is 10.2 Å². The Bertz CT molecular complexity index is 1140. The lowest BCUT2D eigenvalue weighted by molar-refractivity contribution is -0.139. The highest BCUT2D eigenvalue weighted by molar-refractivity contribution is 7.99. The molecule has 3 rings (SSSR count). The van der Waals surface area contributed by atoms with Gasteiger partial charge in [-0.2, -0.15) is 0 Å². The highest BCUT2D eigenvalue weighted by Gasteiger charge is 2.31. The molecule has 3 aromatic rings. The first kappa shape index (κ1) is 28.1. The fraction of sp³-hybridized carbons (Fsp3) is 0.310. The zero-order valence-corrected chi connectivity index (χ0v) is 23.0. The Balaban J connectivity index is 1.86. The summed E-state index contributed by atoms with van der Waals surface area (Å²) in [7, 11) is 0. The molecule has 0 saturated heterocycles. The maximum atomic E-state index is 13.7. The van der Waals surface area contributed by atoms with Crippen molar-refractivity contribution in [3.63, 3.8) is 0 Å². The van der Waals surface area contributed by atoms with Crippen LogP contribution >= 0.6 is 35.0 Å². The minimum Gasteiger partial charge on any atom is -0.352 e. The first-order valence-corrected chi connectivity index (χ1v) is 14.0. The Labute approximate surface area is 228 Å². The van der Waals surface area contributed by atoms with Gasteiger partial charge in [-0.1, -0.05) is 90.8 Å². The number of carbonyl (C=O) groups is 2. The van der Waals surface area contributed by atoms with Crippen LogP contribution in [-0.4, -0.2) is 34.6 Å². The van der Waals surface area contributed by atoms with Gasteiger partial charge in [-0.25, -0.2) is 0 Å². The number of rotatable bonds is 12. The molecular weight excluding hydrogens is 511 g/mol. The Morgan fingerprint density at radius 1 is 0.944 bits per heavy atom. The van der Waals surface area contributed by atoms with Crippen LogP contribution in [0.4, 0.5) is 0 Å². The van der Waals surface area contributed by atoms with Gasteiger partial charge in [0.1, 0.15) is 6.04 Å². The molecule has 4 nitrogen and oxygen atoms in total. The second-order valence-electron chi connectivity index (χ2n) is 8.76. The second kappa shape index (κ2) is 14.3. The molecule has 3 aromatic carbocycles. The monoisotopic (exact) mass is 542 g/mol. The molecule has 0 unspecified atom stereocenters. The number of thioether (sulfide) groups is 1. The smallest absolute Gasteiger partial charge is 0.243 e. The van der Waals surface area contributed by atoms with Crippen molar-refractivity contribution in [1.29, 1.82) is 0 Å². The quantitative estimate of drug-likeness (QED) is 0.274. The van der Waals surface area contributed by atoms with Crippen LogP contribution in [0.3, 0.4) is 0 Å². The highest BCUT2D eigenvalue weighted by Crippen LogP contribution is 2.23. The molecule has 2 atom stereocenters. The van der Waals surface area contributed by atoms with Crippen LogP contribution in [0.15, 0.2) is 78.9 Å². The minimum absolute atomic E-state index is 0.00786. The molecule has 0 aliphatic heterocycles. The SMILES string of the molecule is CC[C@@H](C)NC(=O)[C@H](Cc1ccccc1)N(Cc1cccc(Cl)c1)C(=O)CSCc1ccccc1Cl. The van der Waals surface area contributed by atoms with E-state index in [0.717, 1.165) is 23.1 Å². The molecule has 0 saturated carbocycles. The summed E-state index contributed by atoms with van der Waals surface area (Å²) in [5.74, 6) is 0.582. The van der Waals surface area contributed by atoms with Crippen molar-refractivity contribution in [3.05, 3.63) is 106 Å². The van der Waals surface area contributed by atoms with Crippen LogP contribution < -0.4 is 5.32 Å². The molecule has 0 aliphatic carbocycles. The summed E-state index contributed by atoms with van der Waals surface area (Å²) in [4.78, 5) is 28.9. The topological polar surface area (TPSA) is 49.4 Å². The van der Waals surface area contributed by atoms with Gasteiger partial charge in [-0.05, 0) is 48.2 Å². The Kier molecular flexibility index (Phi) is 11.2. The summed E-state index contributed by atoms with van der Waals surface area (Å²) in [6.45, 7) is 4.29. The molecule has 190 valence electrons. The van der Waals surface area contributed by atoms with Crippen molar-refractivity contribution in [2.24, 2.45) is 0 Å². The highest BCUT2D eigenvalue weighted by atomic mass is 35.5. The van der Waals surface area contributed by atoms with E-state index in [2.05, 4.69) is 5.32 Å². The Morgan fingerprint density at radius 2 is 1.64 bits per heavy atom. The number of nitrogens with one attached hydrogen (secondary N) is 1. The van der Waals surface area contributed by atoms with E-state index in [1.54, 1.807) is 11.0 Å². The summed E-state index contributed by atoms with van der Waals surface area (Å²) < 4.78 is 0. The molecule has 0 fully saturated rings. The third kappa shape index (κ3) is 8.58. The van der Waals surface area contributed by atoms with Gasteiger partial charge in [0, 0.05) is 34.8 Å². The van der Waals surface area contributed by atoms with Crippen molar-refractivity contribution in [3.8, 4) is 0 Å². The maximum Gasteiger partial charge on any atom is 0.243 e. The first-order valence-electron chi connectivity index (χ1n) is 12.1. The van der Waals surface area contributed by atoms with Gasteiger partial charge >= 0.3 is 0 Å². The lowest BCUT2D eigenvalue weighted by Crippen LogP contribution is -2.52. The van der Waals surface area contributed by atoms with Gasteiger partial charge in [0.25, 0.3) is 0 Å². The summed E-state index contributed by atoms with van der Waals surface area (Å²) in [5.41, 5.74) is 2.85. The average Bonchev–Trinajstić information content (AvgIpc) is 2.87. The molecule has 2 amide bonds. The zero-order chi connectivity index (χ0) is 25.9. The number of hydrogen-bond donors (Lipinski definition) is 1. The lowest BCUT2D eigenvalue weighted by atomic mass is 10.0. The van der Waals surface area contributed by atoms with E-state index in [0.29, 0.717) is 22.2 Å². The van der Waals surface area contributed by atoms with E-state index in [4.69, 9.17) is 23.2 Å². The van der Waals surface area contributed by atoms with Gasteiger partial charge in [0.05, 0.1) is 5.75 Å². The van der Waals surface area contributed by atoms with Crippen molar-refractivity contribution < 1.29 is 9.59 Å². The van der Waals surface area contributed by atoms with Crippen molar-refractivity contribution in [2.45, 2.75) is 51.1 Å². The molecular formula is C29H32Cl2N2O2S. The zero-order valence-electron chi connectivity index (χ0n) is 20.6. The molecule has 36 heavy (non-hydrogen) atoms. The fourth-order valence-corrected chi connectivity index (χ4v) is 5.18. The Hall–Kier alpha value is -2.47. The molecule has 0 bridgehead atoms. The summed E-state index contributed by atoms with van der Waals surface area (Å²) >= 11 is 14.0. The van der Waals surface area contributed by atoms with Crippen molar-refractivity contribution in [2.75, 3.05) is 5.75 Å². The second-order valence-corrected chi connectivity index (χ2v) is 10.6. The van der Waals surface area contributed by atoms with Gasteiger partial charge in [0.15, 0.2) is 0 Å². The Morgan fingerprint density at radius 3 is 2.33 bits per heavy atom. The van der Waals surface area contributed by atoms with Crippen LogP contribution in [0, 0.1) is 0 Å². The normalized spacial score (nSPS) is 12.6. The van der Waals surface area contributed by atoms with E-state index in [9.17, 15) is 9.59 Å². The van der Waals surface area contributed by atoms with Gasteiger partial charge in [-0.15, -0.1) is 11.8 Å². The van der Waals surface area contributed by atoms with Gasteiger partial charge in [0.2, 0.25) is 11.8 Å². The van der Waals surface area contributed by atoms with Crippen LogP contribution in [0.1, 0.15) is 37.0 Å². The largest absolute Gasteiger partial charge is 0.352 e. The van der Waals surface area contributed by atoms with Crippen molar-refractivity contribution >= 4 is 46.8 Å². The molecule has 0 radical (unpaired) electrons. The van der Waals surface area contributed by atoms with E-state index in [1.165, 1.54) is 11.8 Å². The van der Waals surface area contributed by atoms with Crippen LogP contribution in [0.2, 0.25) is 10.0 Å². The van der Waals surface area contributed by atoms with E-state index < -0.39 is 6.04 Å². The van der Waals surface area contributed by atoms with Crippen LogP contribution in [0.5, 0.6) is 0 Å². The standard InChI is InChI=1S/C29H32Cl2N2O2S/c1-3-21(2)32-29(35)27(17-22-10-5-4-6-11-22)33(18-23-12-9-14-25(30)16-23)28(34)20-36-19-24-13-7-8-15-26(24)31/h4-16,21,27H,3,17-20H2,1-2H3,(H,32,35)/t21-,27+/m1/s1. The molecule has 1 N–H and O–H groups in total. The summed E-state index contributed by atoms with van der Waals surface area (Å²) in [6, 6.07) is 24.2. The average molecular weight is 544 g/mol. The van der Waals surface area contributed by atoms with Gasteiger partial charge < -0.3 is 10.2 Å². The molecule has 7 heteroatoms. The third-order valence-corrected chi connectivity index (χ3v) is 7.53. The summed E-state index contributed by atoms with van der Waals surface area (Å²) in [5, 5.41) is 4.37. The van der Waals surface area contributed by atoms with Crippen LogP contribution in [0.25, 0.3) is 0 Å². The number of halogens is 2. The maximum absolute atomic E-state index is 13.7. The third-order valence-electron chi connectivity index (χ3n) is 5.96. The minimum atomic E-state index is -0.659. The predicted octanol–water partition coefficient (Wildman–Crippen LogP) is 6.78. The summed E-state index contributed by atoms with van der Waals surface area (Å²) in [6.07, 6.45) is 1.23. The molecule has 0 heterocycles. The molecule has 0 aliphatic rings. The number of hydrogen-bond acceptors (Lipinski definition) is 3. The number of amides is 2. The number of carbonyl (C=O) groups excluding carboxylic acids is 2. The first-order chi connectivity index (χ1) is 17.4. The number of nitrogens with zero attached hydrogens (tertiary/aromatic N) is 1. The van der Waals surface area contributed by atoms with E-state index >= 15 is 0 Å². The van der Waals surface area contributed by atoms with E-state index in [-0.39, 0.29) is 30.2 Å². The predicted molar refractivity (Wildman–Crippen MR) is 151 cm³/mol. The lowest BCUT2D eigenvalue weighted by Gasteiger charge is -2.32. The van der Waals surface area contributed by atoms with Crippen LogP contribution in [-0.2, 0) is 28.3 Å². The van der Waals surface area contributed by atoms with Gasteiger partial charge in [-0.3, -0.25) is 9.59 Å². The molecule has 0 spiro atoms. The molecule has 0 aromatic heterocycles. The fourth-order valence-electron chi connectivity index (χ4n) is 3.77.